The van der Waals surface area contributed by atoms with Crippen LogP contribution in [0.25, 0.3) is 21.9 Å². The third kappa shape index (κ3) is 2.17. The van der Waals surface area contributed by atoms with Crippen LogP contribution in [0, 0.1) is 0 Å². The molecule has 19 heavy (non-hydrogen) atoms. The van der Waals surface area contributed by atoms with Gasteiger partial charge in [-0.2, -0.15) is 0 Å². The molecule has 3 rings (SSSR count). The molecule has 94 valence electrons. The first kappa shape index (κ1) is 11.7. The van der Waals surface area contributed by atoms with E-state index in [1.165, 1.54) is 21.9 Å². The Balaban J connectivity index is 2.21. The Morgan fingerprint density at radius 3 is 2.58 bits per heavy atom. The molecular weight excluding hydrogens is 236 g/mol. The van der Waals surface area contributed by atoms with Gasteiger partial charge in [-0.3, -0.25) is 4.79 Å². The Morgan fingerprint density at radius 2 is 1.74 bits per heavy atom. The number of aliphatic carboxylic acids is 1. The van der Waals surface area contributed by atoms with E-state index in [9.17, 15) is 4.79 Å². The number of fused-ring (bicyclic) bond motifs is 3. The van der Waals surface area contributed by atoms with E-state index in [-0.39, 0.29) is 6.42 Å². The van der Waals surface area contributed by atoms with Crippen LogP contribution in [0.2, 0.25) is 0 Å². The van der Waals surface area contributed by atoms with Crippen LogP contribution in [0.5, 0.6) is 0 Å². The van der Waals surface area contributed by atoms with Crippen LogP contribution >= 0.6 is 0 Å². The molecule has 0 spiro atoms. The highest BCUT2D eigenvalue weighted by atomic mass is 16.4. The zero-order chi connectivity index (χ0) is 13.2. The van der Waals surface area contributed by atoms with Crippen LogP contribution < -0.4 is 0 Å². The smallest absolute Gasteiger partial charge is 0.303 e. The molecule has 1 N–H and O–H groups in total. The molecule has 0 heterocycles. The summed E-state index contributed by atoms with van der Waals surface area (Å²) in [5, 5.41) is 11.2. The van der Waals surface area contributed by atoms with Gasteiger partial charge in [0.1, 0.15) is 0 Å². The number of carboxylic acids is 1. The minimum absolute atomic E-state index is 0.173. The quantitative estimate of drug-likeness (QED) is 0.763. The van der Waals surface area contributed by atoms with E-state index in [1.54, 1.807) is 0 Å². The molecule has 0 bridgehead atoms. The number of rotatable bonds is 3. The maximum atomic E-state index is 10.8. The van der Waals surface area contributed by atoms with Gasteiger partial charge in [-0.05, 0) is 33.9 Å². The van der Waals surface area contributed by atoms with Crippen molar-refractivity contribution in [3.63, 3.8) is 0 Å². The summed E-state index contributed by atoms with van der Waals surface area (Å²) in [4.78, 5) is 10.8. The molecule has 0 fully saturated rings. The highest BCUT2D eigenvalue weighted by molar-refractivity contribution is 5.98. The normalized spacial score (nSPS) is 10.9. The second-order valence-corrected chi connectivity index (χ2v) is 4.70. The number of aryl methyl sites for hydroxylation is 1. The first-order chi connectivity index (χ1) is 9.25. The molecular formula is C17H14O2. The largest absolute Gasteiger partial charge is 0.481 e. The van der Waals surface area contributed by atoms with E-state index in [0.717, 1.165) is 5.56 Å². The van der Waals surface area contributed by atoms with E-state index in [0.29, 0.717) is 6.42 Å². The molecule has 2 nitrogen and oxygen atoms in total. The van der Waals surface area contributed by atoms with Gasteiger partial charge in [0.15, 0.2) is 0 Å². The number of carboxylic acid groups (broad SMARTS) is 1. The molecule has 0 atom stereocenters. The topological polar surface area (TPSA) is 37.3 Å². The van der Waals surface area contributed by atoms with Crippen LogP contribution in [-0.4, -0.2) is 11.1 Å². The van der Waals surface area contributed by atoms with Crippen molar-refractivity contribution >= 4 is 16.7 Å². The zero-order valence-corrected chi connectivity index (χ0v) is 10.5. The molecule has 0 saturated heterocycles. The minimum Gasteiger partial charge on any atom is -0.481 e. The van der Waals surface area contributed by atoms with Crippen LogP contribution in [0.3, 0.4) is 0 Å². The highest BCUT2D eigenvalue weighted by Gasteiger charge is 2.12. The number of hydrogen-bond acceptors (Lipinski definition) is 1. The maximum Gasteiger partial charge on any atom is 0.303 e. The Labute approximate surface area is 111 Å². The van der Waals surface area contributed by atoms with Crippen molar-refractivity contribution in [3.8, 4) is 11.1 Å². The standard InChI is InChI=1S/C17H14O2/c18-16(19)11-10-14-9-8-13-6-3-5-12-4-1-2-7-15(12)17(13)14/h1-9H,10-11H2,(H,18,19). The molecule has 2 aliphatic carbocycles. The van der Waals surface area contributed by atoms with Crippen molar-refractivity contribution in [3.05, 3.63) is 60.2 Å². The lowest BCUT2D eigenvalue weighted by Gasteiger charge is -2.04. The van der Waals surface area contributed by atoms with E-state index in [2.05, 4.69) is 30.3 Å². The average molecular weight is 250 g/mol. The summed E-state index contributed by atoms with van der Waals surface area (Å²) in [5.74, 6) is -0.751. The molecule has 0 aromatic heterocycles. The van der Waals surface area contributed by atoms with Crippen LogP contribution in [0.15, 0.2) is 54.6 Å². The van der Waals surface area contributed by atoms with Gasteiger partial charge in [-0.25, -0.2) is 0 Å². The summed E-state index contributed by atoms with van der Waals surface area (Å²) < 4.78 is 0. The van der Waals surface area contributed by atoms with Crippen molar-refractivity contribution in [2.75, 3.05) is 0 Å². The molecule has 1 aromatic carbocycles. The molecule has 2 heteroatoms. The summed E-state index contributed by atoms with van der Waals surface area (Å²) in [7, 11) is 0. The van der Waals surface area contributed by atoms with Crippen molar-refractivity contribution in [1.29, 1.82) is 0 Å². The predicted octanol–water partition coefficient (Wildman–Crippen LogP) is 3.96. The lowest BCUT2D eigenvalue weighted by Crippen LogP contribution is -1.97. The third-order valence-electron chi connectivity index (χ3n) is 3.46. The highest BCUT2D eigenvalue weighted by Crippen LogP contribution is 2.34. The van der Waals surface area contributed by atoms with E-state index in [1.807, 2.05) is 24.3 Å². The first-order valence-electron chi connectivity index (χ1n) is 6.37. The summed E-state index contributed by atoms with van der Waals surface area (Å²) in [6, 6.07) is 18.6. The van der Waals surface area contributed by atoms with Gasteiger partial charge in [-0.1, -0.05) is 54.6 Å². The van der Waals surface area contributed by atoms with Gasteiger partial charge < -0.3 is 5.11 Å². The van der Waals surface area contributed by atoms with Crippen molar-refractivity contribution in [2.24, 2.45) is 0 Å². The molecule has 0 saturated carbocycles. The SMILES string of the molecule is O=C(O)CCc1ccc2cccc3ccccc3c1-2. The van der Waals surface area contributed by atoms with E-state index >= 15 is 0 Å². The monoisotopic (exact) mass is 250 g/mol. The zero-order valence-electron chi connectivity index (χ0n) is 10.5. The van der Waals surface area contributed by atoms with E-state index in [4.69, 9.17) is 5.11 Å². The van der Waals surface area contributed by atoms with Crippen LogP contribution in [0.1, 0.15) is 12.0 Å². The fraction of sp³-hybridized carbons (Fsp3) is 0.118. The van der Waals surface area contributed by atoms with Gasteiger partial charge in [-0.15, -0.1) is 0 Å². The second-order valence-electron chi connectivity index (χ2n) is 4.70. The first-order valence-corrected chi connectivity index (χ1v) is 6.37. The number of carbonyl (C=O) groups is 1. The van der Waals surface area contributed by atoms with Crippen LogP contribution in [0.4, 0.5) is 0 Å². The van der Waals surface area contributed by atoms with Crippen molar-refractivity contribution < 1.29 is 9.90 Å². The summed E-state index contributed by atoms with van der Waals surface area (Å²) in [6.45, 7) is 0. The fourth-order valence-corrected chi connectivity index (χ4v) is 2.59. The second kappa shape index (κ2) is 4.73. The fourth-order valence-electron chi connectivity index (χ4n) is 2.59. The molecule has 2 aliphatic rings. The minimum atomic E-state index is -0.751. The number of benzene rings is 1. The Morgan fingerprint density at radius 1 is 0.947 bits per heavy atom. The molecule has 1 aromatic rings. The summed E-state index contributed by atoms with van der Waals surface area (Å²) >= 11 is 0. The van der Waals surface area contributed by atoms with Gasteiger partial charge in [0.25, 0.3) is 0 Å². The molecule has 0 amide bonds. The van der Waals surface area contributed by atoms with Gasteiger partial charge in [0.2, 0.25) is 0 Å². The lowest BCUT2D eigenvalue weighted by atomic mass is 10.0. The molecule has 0 unspecified atom stereocenters. The van der Waals surface area contributed by atoms with Gasteiger partial charge in [0.05, 0.1) is 0 Å². The van der Waals surface area contributed by atoms with E-state index < -0.39 is 5.97 Å². The van der Waals surface area contributed by atoms with Gasteiger partial charge >= 0.3 is 5.97 Å². The molecule has 0 radical (unpaired) electrons. The summed E-state index contributed by atoms with van der Waals surface area (Å²) in [6.07, 6.45) is 0.749. The Kier molecular flexibility index (Phi) is 2.92. The number of hydrogen-bond donors (Lipinski definition) is 1. The molecule has 0 aliphatic heterocycles. The average Bonchev–Trinajstić information content (AvgIpc) is 2.71. The van der Waals surface area contributed by atoms with Gasteiger partial charge in [0, 0.05) is 6.42 Å². The van der Waals surface area contributed by atoms with Crippen molar-refractivity contribution in [1.82, 2.24) is 0 Å². The summed E-state index contributed by atoms with van der Waals surface area (Å²) in [5.41, 5.74) is 3.47. The third-order valence-corrected chi connectivity index (χ3v) is 3.46. The van der Waals surface area contributed by atoms with Crippen LogP contribution in [-0.2, 0) is 11.2 Å². The van der Waals surface area contributed by atoms with Crippen molar-refractivity contribution in [2.45, 2.75) is 12.8 Å². The lowest BCUT2D eigenvalue weighted by molar-refractivity contribution is -0.136. The Hall–Kier alpha value is -2.35. The Bertz CT molecular complexity index is 716. The maximum absolute atomic E-state index is 10.8. The predicted molar refractivity (Wildman–Crippen MR) is 76.5 cm³/mol.